The zero-order valence-corrected chi connectivity index (χ0v) is 20.7. The van der Waals surface area contributed by atoms with Gasteiger partial charge in [-0.25, -0.2) is 0 Å². The number of nitrogens with zero attached hydrogens (tertiary/aromatic N) is 2. The zero-order chi connectivity index (χ0) is 26.5. The van der Waals surface area contributed by atoms with Crippen LogP contribution in [0.2, 0.25) is 0 Å². The highest BCUT2D eigenvalue weighted by atomic mass is 16.6. The number of ether oxygens (including phenoxy) is 3. The second-order valence-electron chi connectivity index (χ2n) is 8.37. The van der Waals surface area contributed by atoms with Gasteiger partial charge in [0.1, 0.15) is 23.3 Å². The molecule has 2 amide bonds. The minimum atomic E-state index is -1.03. The Morgan fingerprint density at radius 3 is 2.51 bits per heavy atom. The van der Waals surface area contributed by atoms with Crippen LogP contribution >= 0.6 is 0 Å². The van der Waals surface area contributed by atoms with Crippen LogP contribution in [0.3, 0.4) is 0 Å². The largest absolute Gasteiger partial charge is 0.497 e. The first-order valence-electron chi connectivity index (χ1n) is 11.7. The SMILES string of the molecule is CCc1cccc2c1OCC(=O)N(Cc1ccc(OC)cc1OC)C2C(=O)Nc1ccc([N+](=O)[O-])cc1. The molecule has 4 rings (SSSR count). The van der Waals surface area contributed by atoms with Crippen molar-refractivity contribution in [1.82, 2.24) is 4.90 Å². The number of nitro groups is 1. The van der Waals surface area contributed by atoms with Gasteiger partial charge in [0, 0.05) is 35.0 Å². The fourth-order valence-electron chi connectivity index (χ4n) is 4.31. The molecule has 1 heterocycles. The number of benzene rings is 3. The van der Waals surface area contributed by atoms with Gasteiger partial charge in [0.15, 0.2) is 6.61 Å². The van der Waals surface area contributed by atoms with Gasteiger partial charge < -0.3 is 24.4 Å². The standard InChI is InChI=1S/C27H27N3O7/c1-4-17-6-5-7-22-25(27(32)28-19-9-11-20(12-10-19)30(33)34)29(24(31)16-37-26(17)22)15-18-8-13-21(35-2)14-23(18)36-3/h5-14,25H,4,15-16H2,1-3H3,(H,28,32). The van der Waals surface area contributed by atoms with Crippen LogP contribution in [0.1, 0.15) is 29.7 Å². The van der Waals surface area contributed by atoms with E-state index in [0.717, 1.165) is 5.56 Å². The van der Waals surface area contributed by atoms with Crippen molar-refractivity contribution in [2.75, 3.05) is 26.1 Å². The third kappa shape index (κ3) is 5.32. The molecule has 1 atom stereocenters. The van der Waals surface area contributed by atoms with Crippen LogP contribution < -0.4 is 19.5 Å². The molecule has 0 saturated carbocycles. The average molecular weight is 506 g/mol. The number of para-hydroxylation sites is 1. The second kappa shape index (κ2) is 11.0. The molecular formula is C27H27N3O7. The van der Waals surface area contributed by atoms with Gasteiger partial charge in [0.05, 0.1) is 25.7 Å². The predicted octanol–water partition coefficient (Wildman–Crippen LogP) is 4.28. The van der Waals surface area contributed by atoms with Gasteiger partial charge in [-0.2, -0.15) is 0 Å². The van der Waals surface area contributed by atoms with Gasteiger partial charge in [-0.1, -0.05) is 25.1 Å². The number of amides is 2. The Morgan fingerprint density at radius 2 is 1.86 bits per heavy atom. The van der Waals surface area contributed by atoms with Gasteiger partial charge in [0.2, 0.25) is 0 Å². The molecule has 37 heavy (non-hydrogen) atoms. The molecule has 0 aromatic heterocycles. The Balaban J connectivity index is 1.76. The number of rotatable bonds is 8. The van der Waals surface area contributed by atoms with Crippen LogP contribution in [-0.2, 0) is 22.6 Å². The van der Waals surface area contributed by atoms with Crippen LogP contribution in [0.15, 0.2) is 60.7 Å². The van der Waals surface area contributed by atoms with Crippen LogP contribution in [0.4, 0.5) is 11.4 Å². The molecule has 3 aromatic rings. The van der Waals surface area contributed by atoms with Crippen molar-refractivity contribution < 1.29 is 28.7 Å². The molecule has 10 heteroatoms. The number of hydrogen-bond acceptors (Lipinski definition) is 7. The number of nitrogens with one attached hydrogen (secondary N) is 1. The molecule has 3 aromatic carbocycles. The number of nitro benzene ring substituents is 1. The Hall–Kier alpha value is -4.60. The lowest BCUT2D eigenvalue weighted by atomic mass is 9.98. The fraction of sp³-hybridized carbons (Fsp3) is 0.259. The van der Waals surface area contributed by atoms with E-state index in [9.17, 15) is 19.7 Å². The Bertz CT molecular complexity index is 1320. The molecule has 10 nitrogen and oxygen atoms in total. The highest BCUT2D eigenvalue weighted by molar-refractivity contribution is 5.99. The van der Waals surface area contributed by atoms with E-state index in [1.54, 1.807) is 31.4 Å². The van der Waals surface area contributed by atoms with Gasteiger partial charge in [-0.3, -0.25) is 19.7 Å². The fourth-order valence-corrected chi connectivity index (χ4v) is 4.31. The maximum atomic E-state index is 13.8. The number of aryl methyl sites for hydroxylation is 1. The molecule has 0 saturated heterocycles. The average Bonchev–Trinajstić information content (AvgIpc) is 3.05. The lowest BCUT2D eigenvalue weighted by Crippen LogP contribution is -2.41. The van der Waals surface area contributed by atoms with Crippen LogP contribution in [-0.4, -0.2) is 42.5 Å². The highest BCUT2D eigenvalue weighted by Gasteiger charge is 2.37. The van der Waals surface area contributed by atoms with Crippen molar-refractivity contribution in [2.24, 2.45) is 0 Å². The summed E-state index contributed by atoms with van der Waals surface area (Å²) in [6.07, 6.45) is 0.653. The number of carbonyl (C=O) groups is 2. The van der Waals surface area contributed by atoms with Crippen LogP contribution in [0.5, 0.6) is 17.2 Å². The first-order chi connectivity index (χ1) is 17.9. The molecule has 1 aliphatic heterocycles. The summed E-state index contributed by atoms with van der Waals surface area (Å²) >= 11 is 0. The first kappa shape index (κ1) is 25.5. The van der Waals surface area contributed by atoms with E-state index in [1.807, 2.05) is 19.1 Å². The molecule has 0 aliphatic carbocycles. The number of methoxy groups -OCH3 is 2. The van der Waals surface area contributed by atoms with E-state index in [-0.39, 0.29) is 24.7 Å². The van der Waals surface area contributed by atoms with Crippen molar-refractivity contribution in [3.05, 3.63) is 87.5 Å². The number of non-ortho nitro benzene ring substituents is 1. The van der Waals surface area contributed by atoms with E-state index in [2.05, 4.69) is 5.32 Å². The van der Waals surface area contributed by atoms with E-state index >= 15 is 0 Å². The van der Waals surface area contributed by atoms with Crippen molar-refractivity contribution in [2.45, 2.75) is 25.9 Å². The predicted molar refractivity (Wildman–Crippen MR) is 136 cm³/mol. The van der Waals surface area contributed by atoms with Gasteiger partial charge in [0.25, 0.3) is 17.5 Å². The Morgan fingerprint density at radius 1 is 1.11 bits per heavy atom. The van der Waals surface area contributed by atoms with E-state index in [1.165, 1.54) is 36.3 Å². The summed E-state index contributed by atoms with van der Waals surface area (Å²) in [5.74, 6) is 0.756. The Labute approximate surface area is 213 Å². The number of carbonyl (C=O) groups excluding carboxylic acids is 2. The monoisotopic (exact) mass is 505 g/mol. The number of anilines is 1. The molecule has 0 fully saturated rings. The van der Waals surface area contributed by atoms with E-state index in [4.69, 9.17) is 14.2 Å². The molecule has 0 spiro atoms. The topological polar surface area (TPSA) is 120 Å². The van der Waals surface area contributed by atoms with Gasteiger partial charge >= 0.3 is 0 Å². The summed E-state index contributed by atoms with van der Waals surface area (Å²) in [7, 11) is 3.07. The summed E-state index contributed by atoms with van der Waals surface area (Å²) < 4.78 is 16.7. The molecule has 1 N–H and O–H groups in total. The summed E-state index contributed by atoms with van der Waals surface area (Å²) in [6.45, 7) is 1.81. The summed E-state index contributed by atoms with van der Waals surface area (Å²) in [5, 5.41) is 13.8. The minimum Gasteiger partial charge on any atom is -0.497 e. The van der Waals surface area contributed by atoms with Crippen LogP contribution in [0, 0.1) is 10.1 Å². The summed E-state index contributed by atoms with van der Waals surface area (Å²) in [6, 6.07) is 15.2. The molecule has 192 valence electrons. The number of hydrogen-bond donors (Lipinski definition) is 1. The number of fused-ring (bicyclic) bond motifs is 1. The molecule has 1 unspecified atom stereocenters. The molecule has 0 radical (unpaired) electrons. The van der Waals surface area contributed by atoms with Gasteiger partial charge in [-0.05, 0) is 36.2 Å². The van der Waals surface area contributed by atoms with Gasteiger partial charge in [-0.15, -0.1) is 0 Å². The zero-order valence-electron chi connectivity index (χ0n) is 20.7. The smallest absolute Gasteiger partial charge is 0.269 e. The minimum absolute atomic E-state index is 0.0729. The van der Waals surface area contributed by atoms with Crippen molar-refractivity contribution in [3.8, 4) is 17.2 Å². The lowest BCUT2D eigenvalue weighted by molar-refractivity contribution is -0.384. The highest BCUT2D eigenvalue weighted by Crippen LogP contribution is 2.38. The van der Waals surface area contributed by atoms with E-state index < -0.39 is 16.9 Å². The summed E-state index contributed by atoms with van der Waals surface area (Å²) in [5.41, 5.74) is 2.38. The molecular weight excluding hydrogens is 478 g/mol. The third-order valence-electron chi connectivity index (χ3n) is 6.20. The molecule has 0 bridgehead atoms. The maximum Gasteiger partial charge on any atom is 0.269 e. The van der Waals surface area contributed by atoms with Crippen LogP contribution in [0.25, 0.3) is 0 Å². The Kier molecular flexibility index (Phi) is 7.57. The van der Waals surface area contributed by atoms with Crippen molar-refractivity contribution >= 4 is 23.2 Å². The quantitative estimate of drug-likeness (QED) is 0.358. The maximum absolute atomic E-state index is 13.8. The second-order valence-corrected chi connectivity index (χ2v) is 8.37. The third-order valence-corrected chi connectivity index (χ3v) is 6.20. The summed E-state index contributed by atoms with van der Waals surface area (Å²) in [4.78, 5) is 39.1. The normalized spacial score (nSPS) is 14.7. The van der Waals surface area contributed by atoms with E-state index in [0.29, 0.717) is 40.5 Å². The van der Waals surface area contributed by atoms with Crippen molar-refractivity contribution in [1.29, 1.82) is 0 Å². The van der Waals surface area contributed by atoms with Crippen molar-refractivity contribution in [3.63, 3.8) is 0 Å². The molecule has 1 aliphatic rings. The first-order valence-corrected chi connectivity index (χ1v) is 11.7. The lowest BCUT2D eigenvalue weighted by Gasteiger charge is -2.30.